The van der Waals surface area contributed by atoms with Crippen molar-refractivity contribution in [3.63, 3.8) is 0 Å². The zero-order valence-electron chi connectivity index (χ0n) is 8.89. The number of rotatable bonds is 3. The second-order valence-corrected chi connectivity index (χ2v) is 3.53. The van der Waals surface area contributed by atoms with Gasteiger partial charge in [0.25, 0.3) is 5.91 Å². The summed E-state index contributed by atoms with van der Waals surface area (Å²) in [5.41, 5.74) is 0.276. The van der Waals surface area contributed by atoms with E-state index in [-0.39, 0.29) is 17.5 Å². The molecule has 84 valence electrons. The van der Waals surface area contributed by atoms with E-state index in [2.05, 4.69) is 25.7 Å². The summed E-state index contributed by atoms with van der Waals surface area (Å²) in [7, 11) is 0. The lowest BCUT2D eigenvalue weighted by atomic mass is 10.1. The minimum atomic E-state index is -0.355. The second-order valence-electron chi connectivity index (χ2n) is 3.53. The highest BCUT2D eigenvalue weighted by atomic mass is 16.3. The van der Waals surface area contributed by atoms with E-state index >= 15 is 0 Å². The molecule has 0 aliphatic carbocycles. The molecule has 0 spiro atoms. The third kappa shape index (κ3) is 1.92. The highest BCUT2D eigenvalue weighted by Crippen LogP contribution is 2.18. The van der Waals surface area contributed by atoms with Crippen molar-refractivity contribution in [3.05, 3.63) is 24.0 Å². The largest absolute Gasteiger partial charge is 0.447 e. The van der Waals surface area contributed by atoms with Gasteiger partial charge in [0.05, 0.1) is 6.20 Å². The lowest BCUT2D eigenvalue weighted by molar-refractivity contribution is 0.102. The highest BCUT2D eigenvalue weighted by molar-refractivity contribution is 6.02. The monoisotopic (exact) mass is 221 g/mol. The fourth-order valence-electron chi connectivity index (χ4n) is 1.27. The van der Waals surface area contributed by atoms with Crippen molar-refractivity contribution in [2.75, 3.05) is 5.32 Å². The number of aromatic nitrogens is 4. The van der Waals surface area contributed by atoms with Crippen molar-refractivity contribution in [1.29, 1.82) is 0 Å². The molecular weight excluding hydrogens is 210 g/mol. The van der Waals surface area contributed by atoms with Crippen molar-refractivity contribution in [2.24, 2.45) is 0 Å². The Hall–Kier alpha value is -2.18. The SMILES string of the molecule is CC(C)c1ocnc1C(=O)Nc1cn[nH]n1. The fraction of sp³-hybridized carbons (Fsp3) is 0.333. The summed E-state index contributed by atoms with van der Waals surface area (Å²) in [6, 6.07) is 0. The number of anilines is 1. The number of carbonyl (C=O) groups is 1. The molecule has 0 aliphatic rings. The molecule has 1 amide bonds. The first-order valence-corrected chi connectivity index (χ1v) is 4.79. The lowest BCUT2D eigenvalue weighted by Gasteiger charge is -2.02. The molecule has 2 aromatic rings. The summed E-state index contributed by atoms with van der Waals surface area (Å²) in [6.45, 7) is 3.85. The second kappa shape index (κ2) is 4.13. The van der Waals surface area contributed by atoms with Crippen LogP contribution in [0.3, 0.4) is 0 Å². The number of aromatic amines is 1. The van der Waals surface area contributed by atoms with Crippen LogP contribution in [0.2, 0.25) is 0 Å². The van der Waals surface area contributed by atoms with Gasteiger partial charge in [-0.2, -0.15) is 10.3 Å². The van der Waals surface area contributed by atoms with Gasteiger partial charge in [-0.3, -0.25) is 4.79 Å². The van der Waals surface area contributed by atoms with Crippen LogP contribution in [-0.2, 0) is 0 Å². The van der Waals surface area contributed by atoms with E-state index in [0.717, 1.165) is 0 Å². The summed E-state index contributed by atoms with van der Waals surface area (Å²) >= 11 is 0. The molecule has 0 saturated heterocycles. The third-order valence-corrected chi connectivity index (χ3v) is 1.99. The Bertz CT molecular complexity index is 474. The molecule has 0 aliphatic heterocycles. The van der Waals surface area contributed by atoms with Crippen molar-refractivity contribution in [1.82, 2.24) is 20.4 Å². The smallest absolute Gasteiger partial charge is 0.279 e. The standard InChI is InChI=1S/C9H11N5O2/c1-5(2)8-7(10-4-16-8)9(15)12-6-3-11-14-13-6/h3-5H,1-2H3,(H2,11,12,13,14,15). The zero-order valence-corrected chi connectivity index (χ0v) is 8.89. The first-order valence-electron chi connectivity index (χ1n) is 4.79. The number of amides is 1. The average molecular weight is 221 g/mol. The van der Waals surface area contributed by atoms with E-state index in [1.54, 1.807) is 0 Å². The summed E-state index contributed by atoms with van der Waals surface area (Å²) in [5, 5.41) is 12.2. The number of H-pyrrole nitrogens is 1. The molecule has 2 aromatic heterocycles. The molecule has 2 N–H and O–H groups in total. The van der Waals surface area contributed by atoms with Gasteiger partial charge in [0.2, 0.25) is 0 Å². The molecule has 0 atom stereocenters. The maximum absolute atomic E-state index is 11.8. The lowest BCUT2D eigenvalue weighted by Crippen LogP contribution is -2.15. The topological polar surface area (TPSA) is 96.7 Å². The van der Waals surface area contributed by atoms with Gasteiger partial charge in [-0.15, -0.1) is 5.10 Å². The minimum absolute atomic E-state index is 0.0977. The summed E-state index contributed by atoms with van der Waals surface area (Å²) < 4.78 is 5.15. The predicted octanol–water partition coefficient (Wildman–Crippen LogP) is 1.17. The Kier molecular flexibility index (Phi) is 2.67. The van der Waals surface area contributed by atoms with Crippen molar-refractivity contribution >= 4 is 11.7 Å². The normalized spacial score (nSPS) is 10.7. The first kappa shape index (κ1) is 10.3. The van der Waals surface area contributed by atoms with Crippen LogP contribution in [0.25, 0.3) is 0 Å². The van der Waals surface area contributed by atoms with Crippen molar-refractivity contribution in [3.8, 4) is 0 Å². The van der Waals surface area contributed by atoms with Gasteiger partial charge in [0.15, 0.2) is 17.9 Å². The van der Waals surface area contributed by atoms with Crippen LogP contribution in [0.4, 0.5) is 5.82 Å². The maximum atomic E-state index is 11.8. The number of carbonyl (C=O) groups excluding carboxylic acids is 1. The van der Waals surface area contributed by atoms with E-state index in [0.29, 0.717) is 11.6 Å². The minimum Gasteiger partial charge on any atom is -0.447 e. The number of nitrogens with one attached hydrogen (secondary N) is 2. The molecule has 0 fully saturated rings. The van der Waals surface area contributed by atoms with E-state index in [9.17, 15) is 4.79 Å². The van der Waals surface area contributed by atoms with Crippen LogP contribution < -0.4 is 5.32 Å². The van der Waals surface area contributed by atoms with Crippen LogP contribution in [0.5, 0.6) is 0 Å². The Morgan fingerprint density at radius 1 is 1.56 bits per heavy atom. The van der Waals surface area contributed by atoms with Gasteiger partial charge in [0, 0.05) is 5.92 Å². The molecule has 0 aromatic carbocycles. The number of hydrogen-bond acceptors (Lipinski definition) is 5. The fourth-order valence-corrected chi connectivity index (χ4v) is 1.27. The summed E-state index contributed by atoms with van der Waals surface area (Å²) in [5.74, 6) is 0.649. The number of hydrogen-bond donors (Lipinski definition) is 2. The predicted molar refractivity (Wildman–Crippen MR) is 54.9 cm³/mol. The molecular formula is C9H11N5O2. The van der Waals surface area contributed by atoms with Crippen molar-refractivity contribution in [2.45, 2.75) is 19.8 Å². The quantitative estimate of drug-likeness (QED) is 0.810. The number of nitrogens with zero attached hydrogens (tertiary/aromatic N) is 3. The molecule has 0 bridgehead atoms. The van der Waals surface area contributed by atoms with Gasteiger partial charge in [-0.25, -0.2) is 4.98 Å². The van der Waals surface area contributed by atoms with Crippen LogP contribution in [-0.4, -0.2) is 26.3 Å². The summed E-state index contributed by atoms with van der Waals surface area (Å²) in [4.78, 5) is 15.7. The molecule has 0 radical (unpaired) electrons. The van der Waals surface area contributed by atoms with E-state index in [1.165, 1.54) is 12.6 Å². The van der Waals surface area contributed by atoms with Crippen LogP contribution >= 0.6 is 0 Å². The maximum Gasteiger partial charge on any atom is 0.279 e. The van der Waals surface area contributed by atoms with E-state index < -0.39 is 0 Å². The Morgan fingerprint density at radius 2 is 2.38 bits per heavy atom. The van der Waals surface area contributed by atoms with E-state index in [4.69, 9.17) is 4.42 Å². The molecule has 7 heteroatoms. The average Bonchev–Trinajstić information content (AvgIpc) is 2.86. The number of oxazole rings is 1. The van der Waals surface area contributed by atoms with Crippen LogP contribution in [0.1, 0.15) is 36.0 Å². The molecule has 16 heavy (non-hydrogen) atoms. The molecule has 2 heterocycles. The van der Waals surface area contributed by atoms with Gasteiger partial charge in [0.1, 0.15) is 5.76 Å². The summed E-state index contributed by atoms with van der Waals surface area (Å²) in [6.07, 6.45) is 2.67. The van der Waals surface area contributed by atoms with Gasteiger partial charge in [-0.1, -0.05) is 13.8 Å². The Balaban J connectivity index is 2.18. The van der Waals surface area contributed by atoms with Crippen LogP contribution in [0.15, 0.2) is 17.0 Å². The molecule has 2 rings (SSSR count). The van der Waals surface area contributed by atoms with Gasteiger partial charge >= 0.3 is 0 Å². The molecule has 0 unspecified atom stereocenters. The Morgan fingerprint density at radius 3 is 3.00 bits per heavy atom. The van der Waals surface area contributed by atoms with Gasteiger partial charge in [-0.05, 0) is 0 Å². The van der Waals surface area contributed by atoms with E-state index in [1.807, 2.05) is 13.8 Å². The zero-order chi connectivity index (χ0) is 11.5. The van der Waals surface area contributed by atoms with Gasteiger partial charge < -0.3 is 9.73 Å². The third-order valence-electron chi connectivity index (χ3n) is 1.99. The van der Waals surface area contributed by atoms with Crippen LogP contribution in [0, 0.1) is 0 Å². The molecule has 0 saturated carbocycles. The Labute approximate surface area is 91.3 Å². The highest BCUT2D eigenvalue weighted by Gasteiger charge is 2.19. The van der Waals surface area contributed by atoms with Crippen molar-refractivity contribution < 1.29 is 9.21 Å². The molecule has 7 nitrogen and oxygen atoms in total. The first-order chi connectivity index (χ1) is 7.68.